The molecular formula is C28H32N4. The lowest BCUT2D eigenvalue weighted by Gasteiger charge is -2.38. The van der Waals surface area contributed by atoms with Crippen LogP contribution in [0.1, 0.15) is 19.4 Å². The number of nitrogens with zero attached hydrogens (tertiary/aromatic N) is 4. The third-order valence-corrected chi connectivity index (χ3v) is 6.85. The van der Waals surface area contributed by atoms with Gasteiger partial charge in [0.1, 0.15) is 0 Å². The van der Waals surface area contributed by atoms with Crippen LogP contribution in [0.15, 0.2) is 66.9 Å². The van der Waals surface area contributed by atoms with Crippen LogP contribution in [-0.4, -0.2) is 46.7 Å². The zero-order chi connectivity index (χ0) is 22.2. The topological polar surface area (TPSA) is 24.3 Å². The second-order valence-electron chi connectivity index (χ2n) is 9.25. The van der Waals surface area contributed by atoms with Crippen LogP contribution in [0.3, 0.4) is 0 Å². The number of aryl methyl sites for hydroxylation is 2. The van der Waals surface area contributed by atoms with Crippen LogP contribution in [0.25, 0.3) is 33.4 Å². The lowest BCUT2D eigenvalue weighted by Crippen LogP contribution is -2.48. The molecule has 164 valence electrons. The largest absolute Gasteiger partial charge is 0.369 e. The number of piperazine rings is 1. The first kappa shape index (κ1) is 20.8. The maximum Gasteiger partial charge on any atom is 0.0887 e. The summed E-state index contributed by atoms with van der Waals surface area (Å²) in [5, 5.41) is 0. The molecule has 4 nitrogen and oxygen atoms in total. The van der Waals surface area contributed by atoms with Crippen LogP contribution in [0.2, 0.25) is 0 Å². The zero-order valence-electron chi connectivity index (χ0n) is 19.5. The van der Waals surface area contributed by atoms with E-state index in [4.69, 9.17) is 4.98 Å². The van der Waals surface area contributed by atoms with Crippen LogP contribution in [0.4, 0.5) is 5.69 Å². The van der Waals surface area contributed by atoms with Gasteiger partial charge in [-0.2, -0.15) is 0 Å². The van der Waals surface area contributed by atoms with Crippen molar-refractivity contribution in [2.75, 3.05) is 31.1 Å². The summed E-state index contributed by atoms with van der Waals surface area (Å²) in [4.78, 5) is 9.83. The molecule has 5 rings (SSSR count). The van der Waals surface area contributed by atoms with Gasteiger partial charge in [-0.25, -0.2) is 0 Å². The molecule has 3 heterocycles. The van der Waals surface area contributed by atoms with Crippen LogP contribution < -0.4 is 4.90 Å². The Balaban J connectivity index is 1.39. The average molecular weight is 425 g/mol. The van der Waals surface area contributed by atoms with Gasteiger partial charge >= 0.3 is 0 Å². The highest BCUT2D eigenvalue weighted by molar-refractivity contribution is 5.87. The van der Waals surface area contributed by atoms with E-state index in [0.717, 1.165) is 42.8 Å². The normalized spacial score (nSPS) is 15.1. The fourth-order valence-corrected chi connectivity index (χ4v) is 4.72. The van der Waals surface area contributed by atoms with Gasteiger partial charge < -0.3 is 9.47 Å². The summed E-state index contributed by atoms with van der Waals surface area (Å²) < 4.78 is 2.25. The second kappa shape index (κ2) is 8.44. The minimum Gasteiger partial charge on any atom is -0.369 e. The minimum absolute atomic E-state index is 0.631. The number of rotatable bonds is 4. The highest BCUT2D eigenvalue weighted by atomic mass is 15.3. The van der Waals surface area contributed by atoms with Gasteiger partial charge in [-0.15, -0.1) is 0 Å². The molecule has 0 unspecified atom stereocenters. The lowest BCUT2D eigenvalue weighted by molar-refractivity contribution is 0.209. The van der Waals surface area contributed by atoms with E-state index < -0.39 is 0 Å². The van der Waals surface area contributed by atoms with E-state index >= 15 is 0 Å². The molecule has 2 aromatic carbocycles. The first-order valence-corrected chi connectivity index (χ1v) is 11.6. The molecule has 4 aromatic rings. The molecule has 32 heavy (non-hydrogen) atoms. The van der Waals surface area contributed by atoms with Crippen LogP contribution in [0.5, 0.6) is 0 Å². The Hall–Kier alpha value is -3.11. The standard InChI is InChI=1S/C28H32N4/c1-20(2)31-13-15-32(16-14-31)25-11-9-22(10-12-25)24-17-28-26(29-19-24)18-27(30(28)4)23-7-5-21(3)6-8-23/h5-12,17-20H,13-16H2,1-4H3. The van der Waals surface area contributed by atoms with Gasteiger partial charge in [0, 0.05) is 56.7 Å². The number of aromatic nitrogens is 2. The Morgan fingerprint density at radius 2 is 1.44 bits per heavy atom. The van der Waals surface area contributed by atoms with Crippen molar-refractivity contribution in [1.82, 2.24) is 14.5 Å². The lowest BCUT2D eigenvalue weighted by atomic mass is 10.1. The molecule has 0 bridgehead atoms. The Bertz CT molecular complexity index is 1210. The first-order valence-electron chi connectivity index (χ1n) is 11.6. The molecule has 0 atom stereocenters. The van der Waals surface area contributed by atoms with Gasteiger partial charge in [-0.1, -0.05) is 42.0 Å². The Morgan fingerprint density at radius 3 is 2.09 bits per heavy atom. The van der Waals surface area contributed by atoms with Crippen molar-refractivity contribution in [3.63, 3.8) is 0 Å². The van der Waals surface area contributed by atoms with Gasteiger partial charge in [0.05, 0.1) is 16.7 Å². The predicted molar refractivity (Wildman–Crippen MR) is 135 cm³/mol. The molecule has 4 heteroatoms. The average Bonchev–Trinajstić information content (AvgIpc) is 3.15. The summed E-state index contributed by atoms with van der Waals surface area (Å²) in [7, 11) is 2.13. The van der Waals surface area contributed by atoms with Crippen molar-refractivity contribution < 1.29 is 0 Å². The summed E-state index contributed by atoms with van der Waals surface area (Å²) in [5.41, 5.74) is 9.57. The van der Waals surface area contributed by atoms with Crippen LogP contribution in [0, 0.1) is 6.92 Å². The van der Waals surface area contributed by atoms with Gasteiger partial charge in [-0.3, -0.25) is 9.88 Å². The summed E-state index contributed by atoms with van der Waals surface area (Å²) in [5.74, 6) is 0. The van der Waals surface area contributed by atoms with E-state index in [0.29, 0.717) is 6.04 Å². The summed E-state index contributed by atoms with van der Waals surface area (Å²) >= 11 is 0. The highest BCUT2D eigenvalue weighted by Gasteiger charge is 2.19. The summed E-state index contributed by atoms with van der Waals surface area (Å²) in [6, 6.07) is 22.8. The Kier molecular flexibility index (Phi) is 5.48. The van der Waals surface area contributed by atoms with Gasteiger partial charge in [-0.05, 0) is 56.2 Å². The highest BCUT2D eigenvalue weighted by Crippen LogP contribution is 2.30. The summed E-state index contributed by atoms with van der Waals surface area (Å²) in [6.45, 7) is 11.1. The Labute approximate surface area is 191 Å². The zero-order valence-corrected chi connectivity index (χ0v) is 19.5. The molecule has 0 radical (unpaired) electrons. The van der Waals surface area contributed by atoms with E-state index in [1.54, 1.807) is 0 Å². The number of fused-ring (bicyclic) bond motifs is 1. The molecule has 0 aliphatic carbocycles. The quantitative estimate of drug-likeness (QED) is 0.417. The van der Waals surface area contributed by atoms with Crippen molar-refractivity contribution in [2.24, 2.45) is 7.05 Å². The van der Waals surface area contributed by atoms with Crippen molar-refractivity contribution in [1.29, 1.82) is 0 Å². The molecule has 0 amide bonds. The fraction of sp³-hybridized carbons (Fsp3) is 0.321. The van der Waals surface area contributed by atoms with Gasteiger partial charge in [0.2, 0.25) is 0 Å². The molecule has 1 saturated heterocycles. The molecule has 1 aliphatic rings. The third-order valence-electron chi connectivity index (χ3n) is 6.85. The summed E-state index contributed by atoms with van der Waals surface area (Å²) in [6.07, 6.45) is 2.00. The number of benzene rings is 2. The van der Waals surface area contributed by atoms with Crippen molar-refractivity contribution in [2.45, 2.75) is 26.8 Å². The van der Waals surface area contributed by atoms with Gasteiger partial charge in [0.25, 0.3) is 0 Å². The fourth-order valence-electron chi connectivity index (χ4n) is 4.72. The van der Waals surface area contributed by atoms with E-state index in [2.05, 4.69) is 103 Å². The van der Waals surface area contributed by atoms with Crippen LogP contribution in [-0.2, 0) is 7.05 Å². The van der Waals surface area contributed by atoms with Crippen molar-refractivity contribution in [3.8, 4) is 22.4 Å². The maximum absolute atomic E-state index is 4.78. The number of hydrogen-bond acceptors (Lipinski definition) is 3. The molecule has 2 aromatic heterocycles. The second-order valence-corrected chi connectivity index (χ2v) is 9.25. The van der Waals surface area contributed by atoms with E-state index in [9.17, 15) is 0 Å². The number of pyridine rings is 1. The smallest absolute Gasteiger partial charge is 0.0887 e. The molecule has 1 fully saturated rings. The predicted octanol–water partition coefficient (Wildman–Crippen LogP) is 5.75. The van der Waals surface area contributed by atoms with E-state index in [1.165, 1.54) is 28.1 Å². The van der Waals surface area contributed by atoms with Crippen molar-refractivity contribution in [3.05, 3.63) is 72.4 Å². The van der Waals surface area contributed by atoms with Gasteiger partial charge in [0.15, 0.2) is 0 Å². The third kappa shape index (κ3) is 3.91. The van der Waals surface area contributed by atoms with Crippen molar-refractivity contribution >= 4 is 16.7 Å². The monoisotopic (exact) mass is 424 g/mol. The minimum atomic E-state index is 0.631. The molecule has 1 aliphatic heterocycles. The number of hydrogen-bond donors (Lipinski definition) is 0. The van der Waals surface area contributed by atoms with E-state index in [1.807, 2.05) is 6.20 Å². The van der Waals surface area contributed by atoms with E-state index in [-0.39, 0.29) is 0 Å². The molecular weight excluding hydrogens is 392 g/mol. The molecule has 0 saturated carbocycles. The maximum atomic E-state index is 4.78. The molecule has 0 N–H and O–H groups in total. The molecule has 0 spiro atoms. The Morgan fingerprint density at radius 1 is 0.781 bits per heavy atom. The first-order chi connectivity index (χ1) is 15.5. The SMILES string of the molecule is Cc1ccc(-c2cc3ncc(-c4ccc(N5CCN(C(C)C)CC5)cc4)cc3n2C)cc1. The van der Waals surface area contributed by atoms with Crippen LogP contribution >= 0.6 is 0 Å². The number of anilines is 1.